The molecule has 2 amide bonds. The largest absolute Gasteiger partial charge is 0.494 e. The number of carbonyl (C=O) groups excluding carboxylic acids is 2. The van der Waals surface area contributed by atoms with Gasteiger partial charge in [0.05, 0.1) is 25.7 Å². The normalized spacial score (nSPS) is 12.5. The van der Waals surface area contributed by atoms with Gasteiger partial charge in [-0.1, -0.05) is 102 Å². The Morgan fingerprint density at radius 1 is 0.784 bits per heavy atom. The molecule has 0 aliphatic rings. The number of aliphatic carboxylic acids is 1. The van der Waals surface area contributed by atoms with E-state index in [2.05, 4.69) is 48.3 Å². The van der Waals surface area contributed by atoms with Gasteiger partial charge in [0.1, 0.15) is 11.8 Å². The van der Waals surface area contributed by atoms with E-state index >= 15 is 0 Å². The highest BCUT2D eigenvalue weighted by Crippen LogP contribution is 2.25. The summed E-state index contributed by atoms with van der Waals surface area (Å²) in [5, 5.41) is 24.2. The van der Waals surface area contributed by atoms with Crippen LogP contribution in [0.4, 0.5) is 0 Å². The van der Waals surface area contributed by atoms with Crippen LogP contribution >= 0.6 is 0 Å². The van der Waals surface area contributed by atoms with E-state index in [1.54, 1.807) is 24.5 Å². The molecule has 0 saturated carbocycles. The van der Waals surface area contributed by atoms with E-state index in [4.69, 9.17) is 4.74 Å². The highest BCUT2D eigenvalue weighted by molar-refractivity contribution is 5.97. The number of amides is 2. The number of aromatic nitrogens is 2. The Kier molecular flexibility index (Phi) is 14.3. The van der Waals surface area contributed by atoms with Crippen LogP contribution in [0, 0.1) is 0 Å². The summed E-state index contributed by atoms with van der Waals surface area (Å²) in [6, 6.07) is 20.4. The predicted molar refractivity (Wildman–Crippen MR) is 199 cm³/mol. The zero-order valence-electron chi connectivity index (χ0n) is 30.0. The first-order valence-corrected chi connectivity index (χ1v) is 17.7. The Morgan fingerprint density at radius 3 is 2.00 bits per heavy atom. The fourth-order valence-electron chi connectivity index (χ4n) is 5.54. The van der Waals surface area contributed by atoms with Gasteiger partial charge in [-0.05, 0) is 52.8 Å². The SMILES string of the molecule is CCCCCCCOc1ccc(-c2cnc(-c3ccc(CC(NC(=O)c4ccc(C(C)(C)C)cc4)C(=O)NC(CO)CC(=O)O)cc3)nc2)cc1. The van der Waals surface area contributed by atoms with Crippen LogP contribution in [-0.4, -0.2) is 63.3 Å². The number of benzene rings is 3. The van der Waals surface area contributed by atoms with E-state index in [9.17, 15) is 24.6 Å². The fourth-order valence-corrected chi connectivity index (χ4v) is 5.54. The lowest BCUT2D eigenvalue weighted by Gasteiger charge is -2.22. The molecule has 0 aliphatic carbocycles. The molecule has 1 heterocycles. The summed E-state index contributed by atoms with van der Waals surface area (Å²) in [7, 11) is 0. The van der Waals surface area contributed by atoms with Gasteiger partial charge >= 0.3 is 5.97 Å². The van der Waals surface area contributed by atoms with Gasteiger partial charge in [0, 0.05) is 35.5 Å². The number of rotatable bonds is 18. The lowest BCUT2D eigenvalue weighted by Crippen LogP contribution is -2.51. The first kappa shape index (κ1) is 38.7. The number of nitrogens with zero attached hydrogens (tertiary/aromatic N) is 2. The van der Waals surface area contributed by atoms with Crippen molar-refractivity contribution in [2.24, 2.45) is 0 Å². The molecule has 10 heteroatoms. The van der Waals surface area contributed by atoms with Crippen molar-refractivity contribution >= 4 is 17.8 Å². The average Bonchev–Trinajstić information content (AvgIpc) is 3.12. The molecule has 4 N–H and O–H groups in total. The van der Waals surface area contributed by atoms with Gasteiger partial charge in [-0.25, -0.2) is 9.97 Å². The van der Waals surface area contributed by atoms with Gasteiger partial charge in [0.15, 0.2) is 5.82 Å². The summed E-state index contributed by atoms with van der Waals surface area (Å²) < 4.78 is 5.88. The Hall–Kier alpha value is -5.09. The maximum atomic E-state index is 13.3. The summed E-state index contributed by atoms with van der Waals surface area (Å²) >= 11 is 0. The van der Waals surface area contributed by atoms with Gasteiger partial charge in [-0.2, -0.15) is 0 Å². The van der Waals surface area contributed by atoms with Crippen LogP contribution in [0.3, 0.4) is 0 Å². The van der Waals surface area contributed by atoms with Gasteiger partial charge in [0.25, 0.3) is 5.91 Å². The number of hydrogen-bond donors (Lipinski definition) is 4. The lowest BCUT2D eigenvalue weighted by atomic mass is 9.86. The number of carboxylic acid groups (broad SMARTS) is 1. The van der Waals surface area contributed by atoms with Crippen molar-refractivity contribution in [2.75, 3.05) is 13.2 Å². The van der Waals surface area contributed by atoms with Crippen molar-refractivity contribution in [3.8, 4) is 28.3 Å². The van der Waals surface area contributed by atoms with Crippen molar-refractivity contribution < 1.29 is 29.3 Å². The molecular weight excluding hydrogens is 644 g/mol. The highest BCUT2D eigenvalue weighted by Gasteiger charge is 2.25. The molecule has 51 heavy (non-hydrogen) atoms. The minimum atomic E-state index is -1.16. The Bertz CT molecular complexity index is 1700. The molecule has 0 aliphatic heterocycles. The van der Waals surface area contributed by atoms with Crippen LogP contribution in [0.25, 0.3) is 22.5 Å². The zero-order valence-corrected chi connectivity index (χ0v) is 30.0. The number of aliphatic hydroxyl groups is 1. The van der Waals surface area contributed by atoms with Crippen LogP contribution in [0.5, 0.6) is 5.75 Å². The molecule has 0 fully saturated rings. The number of aliphatic hydroxyl groups excluding tert-OH is 1. The zero-order chi connectivity index (χ0) is 36.8. The summed E-state index contributed by atoms with van der Waals surface area (Å²) in [5.41, 5.74) is 4.75. The van der Waals surface area contributed by atoms with Crippen molar-refractivity contribution in [1.29, 1.82) is 0 Å². The van der Waals surface area contributed by atoms with E-state index in [1.807, 2.05) is 60.7 Å². The number of hydrogen-bond acceptors (Lipinski definition) is 7. The first-order chi connectivity index (χ1) is 24.5. The third kappa shape index (κ3) is 12.0. The molecule has 1 aromatic heterocycles. The maximum Gasteiger partial charge on any atom is 0.305 e. The van der Waals surface area contributed by atoms with E-state index in [1.165, 1.54) is 25.7 Å². The number of unbranched alkanes of at least 4 members (excludes halogenated alkanes) is 4. The summed E-state index contributed by atoms with van der Waals surface area (Å²) in [5.74, 6) is -0.825. The molecule has 3 aromatic carbocycles. The summed E-state index contributed by atoms with van der Waals surface area (Å²) in [6.45, 7) is 8.61. The second-order valence-electron chi connectivity index (χ2n) is 13.8. The topological polar surface area (TPSA) is 151 Å². The second kappa shape index (κ2) is 18.8. The van der Waals surface area contributed by atoms with Crippen molar-refractivity contribution in [3.63, 3.8) is 0 Å². The second-order valence-corrected chi connectivity index (χ2v) is 13.8. The summed E-state index contributed by atoms with van der Waals surface area (Å²) in [6.07, 6.45) is 9.20. The molecule has 4 rings (SSSR count). The van der Waals surface area contributed by atoms with Crippen molar-refractivity contribution in [2.45, 2.75) is 90.1 Å². The molecule has 0 spiro atoms. The van der Waals surface area contributed by atoms with Crippen LogP contribution in [0.1, 0.15) is 87.7 Å². The molecule has 0 bridgehead atoms. The molecule has 10 nitrogen and oxygen atoms in total. The molecule has 2 unspecified atom stereocenters. The number of ether oxygens (including phenoxy) is 1. The number of carboxylic acids is 1. The van der Waals surface area contributed by atoms with E-state index in [0.717, 1.165) is 40.0 Å². The van der Waals surface area contributed by atoms with Gasteiger partial charge in [0.2, 0.25) is 5.91 Å². The summed E-state index contributed by atoms with van der Waals surface area (Å²) in [4.78, 5) is 47.0. The third-order valence-electron chi connectivity index (χ3n) is 8.63. The molecule has 0 radical (unpaired) electrons. The Balaban J connectivity index is 1.42. The molecule has 2 atom stereocenters. The molecule has 4 aromatic rings. The maximum absolute atomic E-state index is 13.3. The lowest BCUT2D eigenvalue weighted by molar-refractivity contribution is -0.138. The molecule has 0 saturated heterocycles. The monoisotopic (exact) mass is 694 g/mol. The van der Waals surface area contributed by atoms with E-state index in [-0.39, 0.29) is 11.8 Å². The van der Waals surface area contributed by atoms with Crippen LogP contribution < -0.4 is 15.4 Å². The minimum Gasteiger partial charge on any atom is -0.494 e. The molecule has 270 valence electrons. The van der Waals surface area contributed by atoms with E-state index in [0.29, 0.717) is 18.0 Å². The minimum absolute atomic E-state index is 0.0885. The smallest absolute Gasteiger partial charge is 0.305 e. The number of nitrogens with one attached hydrogen (secondary N) is 2. The fraction of sp³-hybridized carbons (Fsp3) is 0.390. The van der Waals surface area contributed by atoms with Crippen molar-refractivity contribution in [1.82, 2.24) is 20.6 Å². The van der Waals surface area contributed by atoms with Crippen LogP contribution in [-0.2, 0) is 21.4 Å². The standard InChI is InChI=1S/C41H50N4O6/c1-5-6-7-8-9-22-51-35-20-16-29(17-21-35)32-25-42-38(43-26-32)30-12-10-28(11-13-30)23-36(40(50)44-34(27-46)24-37(47)48)45-39(49)31-14-18-33(19-15-31)41(2,3)4/h10-21,25-26,34,36,46H,5-9,22-24,27H2,1-4H3,(H,44,50)(H,45,49)(H,47,48). The van der Waals surface area contributed by atoms with E-state index < -0.39 is 42.9 Å². The molecular formula is C41H50N4O6. The van der Waals surface area contributed by atoms with Crippen molar-refractivity contribution in [3.05, 3.63) is 102 Å². The average molecular weight is 695 g/mol. The van der Waals surface area contributed by atoms with Gasteiger partial charge in [-0.3, -0.25) is 14.4 Å². The number of carbonyl (C=O) groups is 3. The quantitative estimate of drug-likeness (QED) is 0.0836. The Morgan fingerprint density at radius 2 is 1.41 bits per heavy atom. The Labute approximate surface area is 300 Å². The third-order valence-corrected chi connectivity index (χ3v) is 8.63. The van der Waals surface area contributed by atoms with Crippen LogP contribution in [0.2, 0.25) is 0 Å². The van der Waals surface area contributed by atoms with Crippen LogP contribution in [0.15, 0.2) is 85.2 Å². The highest BCUT2D eigenvalue weighted by atomic mass is 16.5. The predicted octanol–water partition coefficient (Wildman–Crippen LogP) is 6.75. The van der Waals surface area contributed by atoms with Gasteiger partial charge in [-0.15, -0.1) is 0 Å². The first-order valence-electron chi connectivity index (χ1n) is 17.7. The van der Waals surface area contributed by atoms with Gasteiger partial charge < -0.3 is 25.6 Å².